The van der Waals surface area contributed by atoms with E-state index in [9.17, 15) is 4.79 Å². The average Bonchev–Trinajstić information content (AvgIpc) is 3.16. The highest BCUT2D eigenvalue weighted by atomic mass is 32.1. The lowest BCUT2D eigenvalue weighted by atomic mass is 9.93. The summed E-state index contributed by atoms with van der Waals surface area (Å²) in [5.41, 5.74) is 1.13. The molecule has 0 aromatic carbocycles. The minimum atomic E-state index is -0.0325. The molecule has 0 saturated heterocycles. The Labute approximate surface area is 128 Å². The normalized spacial score (nSPS) is 18.9. The lowest BCUT2D eigenvalue weighted by Gasteiger charge is -2.29. The number of amides is 2. The molecule has 2 atom stereocenters. The molecule has 2 amide bonds. The van der Waals surface area contributed by atoms with Crippen LogP contribution >= 0.6 is 11.3 Å². The van der Waals surface area contributed by atoms with E-state index in [1.807, 2.05) is 24.6 Å². The van der Waals surface area contributed by atoms with Crippen molar-refractivity contribution in [3.8, 4) is 0 Å². The first-order valence-electron chi connectivity index (χ1n) is 7.30. The van der Waals surface area contributed by atoms with Gasteiger partial charge in [0.05, 0.1) is 18.3 Å². The van der Waals surface area contributed by atoms with Crippen LogP contribution in [0.4, 0.5) is 4.79 Å². The van der Waals surface area contributed by atoms with Crippen molar-refractivity contribution in [3.63, 3.8) is 0 Å². The highest BCUT2D eigenvalue weighted by molar-refractivity contribution is 7.10. The largest absolute Gasteiger partial charge is 0.469 e. The zero-order chi connectivity index (χ0) is 14.8. The van der Waals surface area contributed by atoms with Gasteiger partial charge >= 0.3 is 6.03 Å². The van der Waals surface area contributed by atoms with E-state index in [0.29, 0.717) is 0 Å². The fraction of sp³-hybridized carbons (Fsp3) is 0.438. The van der Waals surface area contributed by atoms with Crippen molar-refractivity contribution in [2.45, 2.75) is 38.3 Å². The molecule has 0 aliphatic heterocycles. The van der Waals surface area contributed by atoms with E-state index >= 15 is 0 Å². The minimum absolute atomic E-state index is 0.0325. The predicted molar refractivity (Wildman–Crippen MR) is 83.4 cm³/mol. The molecule has 21 heavy (non-hydrogen) atoms. The summed E-state index contributed by atoms with van der Waals surface area (Å²) in [5.74, 6) is 1.01. The van der Waals surface area contributed by atoms with Crippen molar-refractivity contribution >= 4 is 17.4 Å². The molecule has 1 aliphatic rings. The quantitative estimate of drug-likeness (QED) is 0.927. The molecule has 112 valence electrons. The van der Waals surface area contributed by atoms with Crippen LogP contribution in [-0.2, 0) is 6.42 Å². The summed E-state index contributed by atoms with van der Waals surface area (Å²) in [4.78, 5) is 15.4. The van der Waals surface area contributed by atoms with Gasteiger partial charge in [-0.3, -0.25) is 0 Å². The molecule has 4 nitrogen and oxygen atoms in total. The van der Waals surface area contributed by atoms with Gasteiger partial charge in [0.25, 0.3) is 0 Å². The third-order valence-corrected chi connectivity index (χ3v) is 5.25. The van der Waals surface area contributed by atoms with Gasteiger partial charge in [-0.25, -0.2) is 4.79 Å². The van der Waals surface area contributed by atoms with Crippen LogP contribution in [0.15, 0.2) is 34.3 Å². The number of nitrogens with one attached hydrogen (secondary N) is 1. The molecule has 2 aromatic rings. The van der Waals surface area contributed by atoms with E-state index < -0.39 is 0 Å². The monoisotopic (exact) mass is 304 g/mol. The number of thiophene rings is 1. The Morgan fingerprint density at radius 3 is 3.14 bits per heavy atom. The third-order valence-electron chi connectivity index (χ3n) is 4.21. The van der Waals surface area contributed by atoms with Crippen molar-refractivity contribution in [1.82, 2.24) is 10.2 Å². The van der Waals surface area contributed by atoms with Gasteiger partial charge in [0.1, 0.15) is 5.76 Å². The van der Waals surface area contributed by atoms with Crippen molar-refractivity contribution in [1.29, 1.82) is 0 Å². The highest BCUT2D eigenvalue weighted by Gasteiger charge is 2.26. The number of carbonyl (C=O) groups is 1. The van der Waals surface area contributed by atoms with Crippen LogP contribution in [0, 0.1) is 0 Å². The van der Waals surface area contributed by atoms with E-state index in [1.165, 1.54) is 4.88 Å². The van der Waals surface area contributed by atoms with Crippen molar-refractivity contribution in [2.24, 2.45) is 0 Å². The van der Waals surface area contributed by atoms with Gasteiger partial charge in [-0.2, -0.15) is 0 Å². The second kappa shape index (κ2) is 5.93. The lowest BCUT2D eigenvalue weighted by molar-refractivity contribution is 0.189. The van der Waals surface area contributed by atoms with Gasteiger partial charge < -0.3 is 14.6 Å². The van der Waals surface area contributed by atoms with Gasteiger partial charge in [-0.15, -0.1) is 11.3 Å². The van der Waals surface area contributed by atoms with Crippen LogP contribution in [0.2, 0.25) is 0 Å². The van der Waals surface area contributed by atoms with Crippen LogP contribution in [0.25, 0.3) is 0 Å². The maximum Gasteiger partial charge on any atom is 0.318 e. The molecule has 1 N–H and O–H groups in total. The fourth-order valence-electron chi connectivity index (χ4n) is 2.78. The summed E-state index contributed by atoms with van der Waals surface area (Å²) in [7, 11) is 1.85. The molecule has 0 saturated carbocycles. The van der Waals surface area contributed by atoms with Crippen LogP contribution in [0.1, 0.15) is 48.0 Å². The van der Waals surface area contributed by atoms with Gasteiger partial charge in [0.2, 0.25) is 0 Å². The van der Waals surface area contributed by atoms with Crippen molar-refractivity contribution < 1.29 is 9.21 Å². The van der Waals surface area contributed by atoms with E-state index in [0.717, 1.165) is 30.6 Å². The van der Waals surface area contributed by atoms with Gasteiger partial charge in [-0.1, -0.05) is 6.07 Å². The topological polar surface area (TPSA) is 45.5 Å². The van der Waals surface area contributed by atoms with Gasteiger partial charge in [-0.05, 0) is 37.3 Å². The number of rotatable bonds is 3. The summed E-state index contributed by atoms with van der Waals surface area (Å²) in [5, 5.41) is 5.17. The van der Waals surface area contributed by atoms with E-state index in [-0.39, 0.29) is 18.1 Å². The number of hydrogen-bond acceptors (Lipinski definition) is 3. The number of fused-ring (bicyclic) bond motifs is 1. The maximum absolute atomic E-state index is 12.5. The summed E-state index contributed by atoms with van der Waals surface area (Å²) in [6.45, 7) is 2.05. The van der Waals surface area contributed by atoms with Crippen LogP contribution in [0.3, 0.4) is 0 Å². The van der Waals surface area contributed by atoms with Crippen LogP contribution in [-0.4, -0.2) is 18.0 Å². The second-order valence-corrected chi connectivity index (χ2v) is 6.47. The zero-order valence-electron chi connectivity index (χ0n) is 12.3. The smallest absolute Gasteiger partial charge is 0.318 e. The first-order chi connectivity index (χ1) is 10.2. The SMILES string of the molecule is CC(c1cccs1)N(C)C(=O)NC1CCCc2occc21. The first-order valence-corrected chi connectivity index (χ1v) is 8.17. The van der Waals surface area contributed by atoms with Crippen LogP contribution < -0.4 is 5.32 Å². The standard InChI is InChI=1S/C16H20N2O2S/c1-11(15-7-4-10-21-15)18(2)16(19)17-13-5-3-6-14-12(13)8-9-20-14/h4,7-11,13H,3,5-6H2,1-2H3,(H,17,19). The third kappa shape index (κ3) is 2.83. The predicted octanol–water partition coefficient (Wildman–Crippen LogP) is 4.12. The molecular formula is C16H20N2O2S. The van der Waals surface area contributed by atoms with Gasteiger partial charge in [0.15, 0.2) is 0 Å². The summed E-state index contributed by atoms with van der Waals surface area (Å²) >= 11 is 1.68. The maximum atomic E-state index is 12.5. The Morgan fingerprint density at radius 1 is 1.52 bits per heavy atom. The summed E-state index contributed by atoms with van der Waals surface area (Å²) in [6.07, 6.45) is 4.71. The van der Waals surface area contributed by atoms with Crippen LogP contribution in [0.5, 0.6) is 0 Å². The first kappa shape index (κ1) is 14.2. The molecule has 5 heteroatoms. The summed E-state index contributed by atoms with van der Waals surface area (Å²) in [6, 6.07) is 6.17. The fourth-order valence-corrected chi connectivity index (χ4v) is 3.61. The Balaban J connectivity index is 1.67. The molecule has 1 aliphatic carbocycles. The van der Waals surface area contributed by atoms with Gasteiger partial charge in [0, 0.05) is 23.9 Å². The molecule has 2 heterocycles. The molecule has 0 spiro atoms. The number of urea groups is 1. The van der Waals surface area contributed by atoms with E-state index in [2.05, 4.69) is 18.3 Å². The summed E-state index contributed by atoms with van der Waals surface area (Å²) < 4.78 is 5.47. The Bertz CT molecular complexity index is 606. The number of aryl methyl sites for hydroxylation is 1. The molecule has 0 bridgehead atoms. The Hall–Kier alpha value is -1.75. The average molecular weight is 304 g/mol. The van der Waals surface area contributed by atoms with E-state index in [1.54, 1.807) is 22.5 Å². The highest BCUT2D eigenvalue weighted by Crippen LogP contribution is 2.31. The molecule has 0 radical (unpaired) electrons. The van der Waals surface area contributed by atoms with Crippen molar-refractivity contribution in [3.05, 3.63) is 46.0 Å². The number of hydrogen-bond donors (Lipinski definition) is 1. The molecule has 2 aromatic heterocycles. The zero-order valence-corrected chi connectivity index (χ0v) is 13.2. The number of carbonyl (C=O) groups excluding carboxylic acids is 1. The minimum Gasteiger partial charge on any atom is -0.469 e. The molecule has 2 unspecified atom stereocenters. The Kier molecular flexibility index (Phi) is 4.01. The Morgan fingerprint density at radius 2 is 2.38 bits per heavy atom. The lowest BCUT2D eigenvalue weighted by Crippen LogP contribution is -2.41. The second-order valence-electron chi connectivity index (χ2n) is 5.50. The van der Waals surface area contributed by atoms with E-state index in [4.69, 9.17) is 4.42 Å². The molecule has 3 rings (SSSR count). The molecular weight excluding hydrogens is 284 g/mol. The number of nitrogens with zero attached hydrogens (tertiary/aromatic N) is 1. The molecule has 0 fully saturated rings. The van der Waals surface area contributed by atoms with Crippen molar-refractivity contribution in [2.75, 3.05) is 7.05 Å². The number of furan rings is 1.